The number of carbonyl (C=O) groups is 1. The smallest absolute Gasteiger partial charge is 0.249 e. The second kappa shape index (κ2) is 7.93. The molecule has 0 spiro atoms. The topological polar surface area (TPSA) is 64.3 Å². The van der Waals surface area contributed by atoms with Crippen molar-refractivity contribution in [2.24, 2.45) is 5.73 Å². The predicted octanol–water partition coefficient (Wildman–Crippen LogP) is 2.67. The summed E-state index contributed by atoms with van der Waals surface area (Å²) in [6, 6.07) is 10.1. The zero-order valence-electron chi connectivity index (χ0n) is 12.1. The fourth-order valence-electron chi connectivity index (χ4n) is 2.01. The molecule has 0 fully saturated rings. The van der Waals surface area contributed by atoms with Gasteiger partial charge in [-0.2, -0.15) is 0 Å². The van der Waals surface area contributed by atoms with E-state index in [0.717, 1.165) is 18.0 Å². The summed E-state index contributed by atoms with van der Waals surface area (Å²) in [6.07, 6.45) is 0. The normalized spacial score (nSPS) is 10.7. The largest absolute Gasteiger partial charge is 0.377 e. The molecule has 0 atom stereocenters. The first-order valence-corrected chi connectivity index (χ1v) is 7.81. The molecule has 0 aliphatic rings. The molecule has 4 nitrogen and oxygen atoms in total. The first-order valence-electron chi connectivity index (χ1n) is 6.93. The van der Waals surface area contributed by atoms with E-state index in [-0.39, 0.29) is 5.91 Å². The van der Waals surface area contributed by atoms with Crippen molar-refractivity contribution in [1.29, 1.82) is 0 Å². The molecule has 3 N–H and O–H groups in total. The van der Waals surface area contributed by atoms with Crippen molar-refractivity contribution in [2.45, 2.75) is 26.6 Å². The van der Waals surface area contributed by atoms with Crippen LogP contribution in [0, 0.1) is 0 Å². The molecule has 21 heavy (non-hydrogen) atoms. The minimum absolute atomic E-state index is 0.375. The van der Waals surface area contributed by atoms with Crippen LogP contribution in [0.15, 0.2) is 35.7 Å². The molecule has 1 aromatic carbocycles. The Morgan fingerprint density at radius 3 is 2.71 bits per heavy atom. The third-order valence-electron chi connectivity index (χ3n) is 3.13. The molecule has 1 heterocycles. The Hall–Kier alpha value is -1.69. The zero-order valence-corrected chi connectivity index (χ0v) is 12.9. The van der Waals surface area contributed by atoms with Gasteiger partial charge in [0.15, 0.2) is 0 Å². The van der Waals surface area contributed by atoms with Crippen LogP contribution in [0.25, 0.3) is 0 Å². The van der Waals surface area contributed by atoms with Crippen molar-refractivity contribution in [3.63, 3.8) is 0 Å². The molecule has 2 aromatic rings. The molecule has 0 aliphatic heterocycles. The number of hydrogen-bond donors (Lipinski definition) is 2. The lowest BCUT2D eigenvalue weighted by atomic mass is 10.1. The van der Waals surface area contributed by atoms with E-state index in [2.05, 4.69) is 17.4 Å². The molecule has 0 saturated carbocycles. The number of hydrogen-bond acceptors (Lipinski definition) is 4. The van der Waals surface area contributed by atoms with Crippen LogP contribution in [0.2, 0.25) is 0 Å². The molecular weight excluding hydrogens is 284 g/mol. The molecule has 112 valence electrons. The summed E-state index contributed by atoms with van der Waals surface area (Å²) in [5.74, 6) is -0.375. The first kappa shape index (κ1) is 15.7. The maximum Gasteiger partial charge on any atom is 0.249 e. The number of carbonyl (C=O) groups excluding carboxylic acids is 1. The van der Waals surface area contributed by atoms with Gasteiger partial charge < -0.3 is 15.8 Å². The van der Waals surface area contributed by atoms with Crippen LogP contribution >= 0.6 is 11.3 Å². The Balaban J connectivity index is 1.89. The zero-order chi connectivity index (χ0) is 15.1. The molecule has 0 unspecified atom stereocenters. The van der Waals surface area contributed by atoms with E-state index in [1.807, 2.05) is 25.1 Å². The first-order chi connectivity index (χ1) is 10.2. The van der Waals surface area contributed by atoms with Gasteiger partial charge in [-0.05, 0) is 24.1 Å². The number of nitrogens with two attached hydrogens (primary N) is 1. The lowest BCUT2D eigenvalue weighted by Crippen LogP contribution is -2.14. The van der Waals surface area contributed by atoms with Crippen molar-refractivity contribution in [3.05, 3.63) is 57.3 Å². The van der Waals surface area contributed by atoms with Gasteiger partial charge in [0.25, 0.3) is 0 Å². The summed E-state index contributed by atoms with van der Waals surface area (Å²) >= 11 is 1.54. The summed E-state index contributed by atoms with van der Waals surface area (Å²) in [4.78, 5) is 12.2. The van der Waals surface area contributed by atoms with E-state index in [0.29, 0.717) is 18.8 Å². The Kier molecular flexibility index (Phi) is 5.92. The van der Waals surface area contributed by atoms with Gasteiger partial charge >= 0.3 is 0 Å². The molecular formula is C16H20N2O2S. The number of rotatable bonds is 8. The molecule has 0 saturated heterocycles. The van der Waals surface area contributed by atoms with Crippen LogP contribution in [0.5, 0.6) is 0 Å². The van der Waals surface area contributed by atoms with Gasteiger partial charge in [-0.3, -0.25) is 4.79 Å². The maximum atomic E-state index is 11.0. The fourth-order valence-corrected chi connectivity index (χ4v) is 2.85. The SMILES string of the molecule is CCOCc1ccccc1CNCc1cc(C(N)=O)cs1. The van der Waals surface area contributed by atoms with E-state index in [9.17, 15) is 4.79 Å². The number of nitrogens with one attached hydrogen (secondary N) is 1. The summed E-state index contributed by atoms with van der Waals surface area (Å²) < 4.78 is 5.48. The molecule has 5 heteroatoms. The summed E-state index contributed by atoms with van der Waals surface area (Å²) in [7, 11) is 0. The molecule has 0 bridgehead atoms. The van der Waals surface area contributed by atoms with E-state index in [1.165, 1.54) is 11.1 Å². The quantitative estimate of drug-likeness (QED) is 0.788. The third-order valence-corrected chi connectivity index (χ3v) is 4.07. The van der Waals surface area contributed by atoms with Crippen molar-refractivity contribution >= 4 is 17.2 Å². The molecule has 1 aromatic heterocycles. The molecule has 1 amide bonds. The van der Waals surface area contributed by atoms with E-state index in [4.69, 9.17) is 10.5 Å². The van der Waals surface area contributed by atoms with Crippen LogP contribution in [0.3, 0.4) is 0 Å². The summed E-state index contributed by atoms with van der Waals surface area (Å²) in [5.41, 5.74) is 8.26. The van der Waals surface area contributed by atoms with Gasteiger partial charge in [0.1, 0.15) is 0 Å². The Morgan fingerprint density at radius 2 is 2.05 bits per heavy atom. The van der Waals surface area contributed by atoms with Gasteiger partial charge in [-0.15, -0.1) is 11.3 Å². The van der Waals surface area contributed by atoms with Crippen LogP contribution in [0.1, 0.15) is 33.3 Å². The number of thiophene rings is 1. The summed E-state index contributed by atoms with van der Waals surface area (Å²) in [6.45, 7) is 4.84. The second-order valence-electron chi connectivity index (χ2n) is 4.68. The van der Waals surface area contributed by atoms with Crippen molar-refractivity contribution in [3.8, 4) is 0 Å². The van der Waals surface area contributed by atoms with Crippen LogP contribution < -0.4 is 11.1 Å². The van der Waals surface area contributed by atoms with Gasteiger partial charge in [0.05, 0.1) is 12.2 Å². The highest BCUT2D eigenvalue weighted by molar-refractivity contribution is 7.10. The average molecular weight is 304 g/mol. The fraction of sp³-hybridized carbons (Fsp3) is 0.312. The number of ether oxygens (including phenoxy) is 1. The molecule has 0 aliphatic carbocycles. The number of primary amides is 1. The average Bonchev–Trinajstić information content (AvgIpc) is 2.95. The minimum atomic E-state index is -0.375. The van der Waals surface area contributed by atoms with Crippen molar-refractivity contribution < 1.29 is 9.53 Å². The highest BCUT2D eigenvalue weighted by Gasteiger charge is 2.05. The highest BCUT2D eigenvalue weighted by Crippen LogP contribution is 2.15. The van der Waals surface area contributed by atoms with Crippen LogP contribution in [-0.4, -0.2) is 12.5 Å². The molecule has 0 radical (unpaired) electrons. The number of amides is 1. The number of benzene rings is 1. The van der Waals surface area contributed by atoms with Gasteiger partial charge in [-0.1, -0.05) is 24.3 Å². The highest BCUT2D eigenvalue weighted by atomic mass is 32.1. The standard InChI is InChI=1S/C16H20N2O2S/c1-2-20-10-13-6-4-3-5-12(13)8-18-9-15-7-14(11-21-15)16(17)19/h3-7,11,18H,2,8-10H2,1H3,(H2,17,19). The van der Waals surface area contributed by atoms with Gasteiger partial charge in [0, 0.05) is 30.0 Å². The lowest BCUT2D eigenvalue weighted by Gasteiger charge is -2.10. The molecule has 2 rings (SSSR count). The van der Waals surface area contributed by atoms with Gasteiger partial charge in [0.2, 0.25) is 5.91 Å². The summed E-state index contributed by atoms with van der Waals surface area (Å²) in [5, 5.41) is 5.18. The maximum absolute atomic E-state index is 11.0. The minimum Gasteiger partial charge on any atom is -0.377 e. The third kappa shape index (κ3) is 4.67. The Labute approximate surface area is 128 Å². The Bertz CT molecular complexity index is 595. The van der Waals surface area contributed by atoms with Crippen LogP contribution in [0.4, 0.5) is 0 Å². The van der Waals surface area contributed by atoms with E-state index < -0.39 is 0 Å². The van der Waals surface area contributed by atoms with Gasteiger partial charge in [-0.25, -0.2) is 0 Å². The monoisotopic (exact) mass is 304 g/mol. The second-order valence-corrected chi connectivity index (χ2v) is 5.67. The van der Waals surface area contributed by atoms with Crippen molar-refractivity contribution in [1.82, 2.24) is 5.32 Å². The predicted molar refractivity (Wildman–Crippen MR) is 85.2 cm³/mol. The lowest BCUT2D eigenvalue weighted by molar-refractivity contribution is 0.100. The van der Waals surface area contributed by atoms with Crippen molar-refractivity contribution in [2.75, 3.05) is 6.61 Å². The van der Waals surface area contributed by atoms with E-state index in [1.54, 1.807) is 16.7 Å². The van der Waals surface area contributed by atoms with Crippen LogP contribution in [-0.2, 0) is 24.4 Å². The Morgan fingerprint density at radius 1 is 1.29 bits per heavy atom. The van der Waals surface area contributed by atoms with E-state index >= 15 is 0 Å².